The summed E-state index contributed by atoms with van der Waals surface area (Å²) in [5.74, 6) is 2.25. The molecule has 2 heterocycles. The molecule has 122 valence electrons. The fourth-order valence-corrected chi connectivity index (χ4v) is 2.97. The predicted molar refractivity (Wildman–Crippen MR) is 96.5 cm³/mol. The van der Waals surface area contributed by atoms with E-state index in [0.29, 0.717) is 11.9 Å². The second kappa shape index (κ2) is 7.44. The lowest BCUT2D eigenvalue weighted by Crippen LogP contribution is -2.25. The first-order valence-corrected chi connectivity index (χ1v) is 8.67. The smallest absolute Gasteiger partial charge is 0.229 e. The lowest BCUT2D eigenvalue weighted by atomic mass is 10.0. The number of nitrogens with one attached hydrogen (secondary N) is 1. The van der Waals surface area contributed by atoms with Crippen LogP contribution in [0.15, 0.2) is 36.5 Å². The molecule has 0 aliphatic carbocycles. The van der Waals surface area contributed by atoms with Gasteiger partial charge < -0.3 is 10.2 Å². The maximum atomic E-state index is 4.69. The molecule has 0 spiro atoms. The fourth-order valence-electron chi connectivity index (χ4n) is 2.97. The zero-order valence-electron chi connectivity index (χ0n) is 14.1. The van der Waals surface area contributed by atoms with Gasteiger partial charge in [0.25, 0.3) is 0 Å². The fraction of sp³-hybridized carbons (Fsp3) is 0.474. The molecule has 0 amide bonds. The van der Waals surface area contributed by atoms with Crippen molar-refractivity contribution in [3.63, 3.8) is 0 Å². The van der Waals surface area contributed by atoms with Crippen LogP contribution in [0, 0.1) is 0 Å². The molecule has 0 atom stereocenters. The Labute approximate surface area is 139 Å². The van der Waals surface area contributed by atoms with Crippen molar-refractivity contribution in [1.29, 1.82) is 0 Å². The molecule has 4 nitrogen and oxygen atoms in total. The number of benzene rings is 1. The number of hydrogen-bond acceptors (Lipinski definition) is 4. The normalized spacial score (nSPS) is 15.5. The van der Waals surface area contributed by atoms with Crippen molar-refractivity contribution in [1.82, 2.24) is 9.97 Å². The Balaban J connectivity index is 1.71. The number of hydrogen-bond donors (Lipinski definition) is 1. The number of aromatic nitrogens is 2. The minimum absolute atomic E-state index is 0.548. The summed E-state index contributed by atoms with van der Waals surface area (Å²) in [6.07, 6.45) is 7.01. The van der Waals surface area contributed by atoms with Gasteiger partial charge in [0.15, 0.2) is 0 Å². The van der Waals surface area contributed by atoms with Crippen LogP contribution in [0.3, 0.4) is 0 Å². The highest BCUT2D eigenvalue weighted by molar-refractivity contribution is 5.55. The van der Waals surface area contributed by atoms with Crippen molar-refractivity contribution in [3.8, 4) is 0 Å². The van der Waals surface area contributed by atoms with E-state index in [1.165, 1.54) is 31.2 Å². The second-order valence-electron chi connectivity index (χ2n) is 6.54. The third-order valence-electron chi connectivity index (χ3n) is 4.40. The molecule has 0 radical (unpaired) electrons. The van der Waals surface area contributed by atoms with Gasteiger partial charge in [-0.3, -0.25) is 0 Å². The Morgan fingerprint density at radius 2 is 1.65 bits per heavy atom. The Morgan fingerprint density at radius 1 is 0.957 bits per heavy atom. The minimum Gasteiger partial charge on any atom is -0.356 e. The average Bonchev–Trinajstić information content (AvgIpc) is 2.85. The van der Waals surface area contributed by atoms with Crippen LogP contribution in [0.4, 0.5) is 17.5 Å². The number of nitrogens with zero attached hydrogens (tertiary/aromatic N) is 3. The first-order valence-electron chi connectivity index (χ1n) is 8.67. The summed E-state index contributed by atoms with van der Waals surface area (Å²) in [7, 11) is 0. The molecule has 0 saturated carbocycles. The molecule has 4 heteroatoms. The van der Waals surface area contributed by atoms with E-state index in [0.717, 1.165) is 24.6 Å². The zero-order chi connectivity index (χ0) is 16.1. The summed E-state index contributed by atoms with van der Waals surface area (Å²) in [5.41, 5.74) is 2.37. The molecule has 1 N–H and O–H groups in total. The molecule has 3 rings (SSSR count). The summed E-state index contributed by atoms with van der Waals surface area (Å²) in [4.78, 5) is 11.4. The third kappa shape index (κ3) is 4.21. The van der Waals surface area contributed by atoms with Gasteiger partial charge in [-0.25, -0.2) is 4.98 Å². The molecular weight excluding hydrogens is 284 g/mol. The van der Waals surface area contributed by atoms with E-state index in [4.69, 9.17) is 4.98 Å². The van der Waals surface area contributed by atoms with E-state index in [1.807, 2.05) is 12.3 Å². The van der Waals surface area contributed by atoms with Crippen LogP contribution in [-0.2, 0) is 0 Å². The standard InChI is InChI=1S/C19H26N4/c1-15(2)16-7-9-17(10-8-16)21-19-20-12-11-18(22-19)23-13-5-3-4-6-14-23/h7-12,15H,3-6,13-14H2,1-2H3,(H,20,21,22). The van der Waals surface area contributed by atoms with Crippen molar-refractivity contribution in [2.24, 2.45) is 0 Å². The Hall–Kier alpha value is -2.10. The summed E-state index contributed by atoms with van der Waals surface area (Å²) < 4.78 is 0. The van der Waals surface area contributed by atoms with Gasteiger partial charge in [-0.2, -0.15) is 4.98 Å². The summed E-state index contributed by atoms with van der Waals surface area (Å²) in [5, 5.41) is 3.32. The maximum absolute atomic E-state index is 4.69. The molecule has 23 heavy (non-hydrogen) atoms. The zero-order valence-corrected chi connectivity index (χ0v) is 14.1. The van der Waals surface area contributed by atoms with Crippen LogP contribution in [0.1, 0.15) is 51.0 Å². The van der Waals surface area contributed by atoms with Crippen LogP contribution in [-0.4, -0.2) is 23.1 Å². The van der Waals surface area contributed by atoms with Crippen LogP contribution in [0.2, 0.25) is 0 Å². The highest BCUT2D eigenvalue weighted by Crippen LogP contribution is 2.21. The SMILES string of the molecule is CC(C)c1ccc(Nc2nccc(N3CCCCCC3)n2)cc1. The van der Waals surface area contributed by atoms with Crippen LogP contribution >= 0.6 is 0 Å². The van der Waals surface area contributed by atoms with Crippen molar-refractivity contribution >= 4 is 17.5 Å². The highest BCUT2D eigenvalue weighted by Gasteiger charge is 2.12. The molecular formula is C19H26N4. The molecule has 1 aromatic heterocycles. The van der Waals surface area contributed by atoms with E-state index in [-0.39, 0.29) is 0 Å². The van der Waals surface area contributed by atoms with Gasteiger partial charge in [0, 0.05) is 25.0 Å². The molecule has 1 aliphatic rings. The first-order chi connectivity index (χ1) is 11.2. The minimum atomic E-state index is 0.548. The Morgan fingerprint density at radius 3 is 2.30 bits per heavy atom. The number of rotatable bonds is 4. The average molecular weight is 310 g/mol. The molecule has 2 aromatic rings. The van der Waals surface area contributed by atoms with Crippen LogP contribution in [0.5, 0.6) is 0 Å². The van der Waals surface area contributed by atoms with Gasteiger partial charge in [0.05, 0.1) is 0 Å². The predicted octanol–water partition coefficient (Wildman–Crippen LogP) is 4.72. The quantitative estimate of drug-likeness (QED) is 0.887. The van der Waals surface area contributed by atoms with Gasteiger partial charge in [-0.15, -0.1) is 0 Å². The summed E-state index contributed by atoms with van der Waals surface area (Å²) in [6, 6.07) is 10.5. The number of anilines is 3. The van der Waals surface area contributed by atoms with Gasteiger partial charge in [0.1, 0.15) is 5.82 Å². The Bertz CT molecular complexity index is 614. The molecule has 0 unspecified atom stereocenters. The van der Waals surface area contributed by atoms with Gasteiger partial charge in [-0.05, 0) is 42.5 Å². The van der Waals surface area contributed by atoms with Gasteiger partial charge in [0.2, 0.25) is 5.95 Å². The summed E-state index contributed by atoms with van der Waals surface area (Å²) >= 11 is 0. The van der Waals surface area contributed by atoms with Gasteiger partial charge >= 0.3 is 0 Å². The first kappa shape index (κ1) is 15.8. The van der Waals surface area contributed by atoms with Gasteiger partial charge in [-0.1, -0.05) is 38.8 Å². The monoisotopic (exact) mass is 310 g/mol. The molecule has 1 fully saturated rings. The van der Waals surface area contributed by atoms with E-state index in [9.17, 15) is 0 Å². The topological polar surface area (TPSA) is 41.1 Å². The summed E-state index contributed by atoms with van der Waals surface area (Å²) in [6.45, 7) is 6.60. The van der Waals surface area contributed by atoms with Crippen LogP contribution < -0.4 is 10.2 Å². The van der Waals surface area contributed by atoms with Crippen molar-refractivity contribution in [2.75, 3.05) is 23.3 Å². The maximum Gasteiger partial charge on any atom is 0.229 e. The largest absolute Gasteiger partial charge is 0.356 e. The highest BCUT2D eigenvalue weighted by atomic mass is 15.2. The van der Waals surface area contributed by atoms with Crippen LogP contribution in [0.25, 0.3) is 0 Å². The Kier molecular flexibility index (Phi) is 5.11. The van der Waals surface area contributed by atoms with Crippen molar-refractivity contribution in [3.05, 3.63) is 42.1 Å². The van der Waals surface area contributed by atoms with Crippen molar-refractivity contribution in [2.45, 2.75) is 45.4 Å². The third-order valence-corrected chi connectivity index (χ3v) is 4.40. The molecule has 0 bridgehead atoms. The van der Waals surface area contributed by atoms with E-state index < -0.39 is 0 Å². The van der Waals surface area contributed by atoms with E-state index in [2.05, 4.69) is 53.3 Å². The molecule has 1 aliphatic heterocycles. The van der Waals surface area contributed by atoms with E-state index in [1.54, 1.807) is 0 Å². The molecule has 1 saturated heterocycles. The van der Waals surface area contributed by atoms with E-state index >= 15 is 0 Å². The van der Waals surface area contributed by atoms with Crippen molar-refractivity contribution < 1.29 is 0 Å². The lowest BCUT2D eigenvalue weighted by Gasteiger charge is -2.21. The lowest BCUT2D eigenvalue weighted by molar-refractivity contribution is 0.726. The second-order valence-corrected chi connectivity index (χ2v) is 6.54. The molecule has 1 aromatic carbocycles.